The third-order valence-electron chi connectivity index (χ3n) is 3.36. The van der Waals surface area contributed by atoms with Crippen molar-refractivity contribution >= 4 is 17.6 Å². The highest BCUT2D eigenvalue weighted by atomic mass is 32.2. The zero-order valence-corrected chi connectivity index (χ0v) is 11.7. The van der Waals surface area contributed by atoms with Crippen LogP contribution in [0.5, 0.6) is 0 Å². The van der Waals surface area contributed by atoms with Crippen molar-refractivity contribution in [3.05, 3.63) is 0 Å². The van der Waals surface area contributed by atoms with Crippen molar-refractivity contribution in [2.75, 3.05) is 5.75 Å². The van der Waals surface area contributed by atoms with E-state index >= 15 is 0 Å². The van der Waals surface area contributed by atoms with Gasteiger partial charge in [0.25, 0.3) is 0 Å². The first-order valence-corrected chi connectivity index (χ1v) is 7.60. The largest absolute Gasteiger partial charge is 0.409 e. The fourth-order valence-electron chi connectivity index (χ4n) is 2.45. The van der Waals surface area contributed by atoms with Crippen molar-refractivity contribution in [3.63, 3.8) is 0 Å². The highest BCUT2D eigenvalue weighted by molar-refractivity contribution is 7.99. The molecule has 3 atom stereocenters. The number of nitrogens with one attached hydrogen (secondary N) is 1. The molecule has 1 fully saturated rings. The van der Waals surface area contributed by atoms with Crippen LogP contribution in [0.1, 0.15) is 46.0 Å². The molecule has 0 bridgehead atoms. The first-order chi connectivity index (χ1) is 8.21. The van der Waals surface area contributed by atoms with E-state index in [1.54, 1.807) is 0 Å². The van der Waals surface area contributed by atoms with Gasteiger partial charge in [0.15, 0.2) is 0 Å². The number of amidine groups is 1. The predicted molar refractivity (Wildman–Crippen MR) is 74.8 cm³/mol. The molecule has 0 heterocycles. The maximum absolute atomic E-state index is 8.61. The van der Waals surface area contributed by atoms with Crippen LogP contribution in [0.4, 0.5) is 0 Å². The molecule has 0 saturated heterocycles. The van der Waals surface area contributed by atoms with Crippen molar-refractivity contribution in [2.45, 2.75) is 63.3 Å². The van der Waals surface area contributed by atoms with Gasteiger partial charge in [-0.1, -0.05) is 25.4 Å². The summed E-state index contributed by atoms with van der Waals surface area (Å²) >= 11 is 2.05. The molecule has 0 radical (unpaired) electrons. The molecule has 0 amide bonds. The van der Waals surface area contributed by atoms with Gasteiger partial charge in [0.2, 0.25) is 0 Å². The van der Waals surface area contributed by atoms with Gasteiger partial charge in [0, 0.05) is 23.8 Å². The second kappa shape index (κ2) is 7.82. The molecule has 17 heavy (non-hydrogen) atoms. The van der Waals surface area contributed by atoms with Gasteiger partial charge in [-0.05, 0) is 25.0 Å². The Balaban J connectivity index is 2.43. The minimum absolute atomic E-state index is 0.321. The lowest BCUT2D eigenvalue weighted by molar-refractivity contribution is 0.314. The second-order valence-electron chi connectivity index (χ2n) is 4.60. The Morgan fingerprint density at radius 3 is 2.88 bits per heavy atom. The Kier molecular flexibility index (Phi) is 6.73. The number of hydrogen-bond donors (Lipinski definition) is 3. The average molecular weight is 259 g/mol. The van der Waals surface area contributed by atoms with Gasteiger partial charge in [-0.15, -0.1) is 0 Å². The lowest BCUT2D eigenvalue weighted by Gasteiger charge is -2.26. The minimum atomic E-state index is 0.321. The van der Waals surface area contributed by atoms with Crippen molar-refractivity contribution in [1.29, 1.82) is 0 Å². The summed E-state index contributed by atoms with van der Waals surface area (Å²) in [7, 11) is 0. The van der Waals surface area contributed by atoms with Crippen molar-refractivity contribution in [3.8, 4) is 0 Å². The Labute approximate surface area is 108 Å². The molecule has 100 valence electrons. The smallest absolute Gasteiger partial charge is 0.140 e. The van der Waals surface area contributed by atoms with E-state index in [1.165, 1.54) is 25.0 Å². The Hall–Kier alpha value is -0.420. The van der Waals surface area contributed by atoms with Crippen LogP contribution in [0.3, 0.4) is 0 Å². The molecule has 1 saturated carbocycles. The van der Waals surface area contributed by atoms with Crippen LogP contribution in [0, 0.1) is 0 Å². The fourth-order valence-corrected chi connectivity index (χ4v) is 3.66. The van der Waals surface area contributed by atoms with Crippen LogP contribution in [0.15, 0.2) is 5.16 Å². The summed E-state index contributed by atoms with van der Waals surface area (Å²) in [6.45, 7) is 4.35. The maximum atomic E-state index is 8.61. The monoisotopic (exact) mass is 259 g/mol. The third-order valence-corrected chi connectivity index (χ3v) is 4.69. The van der Waals surface area contributed by atoms with Crippen molar-refractivity contribution in [1.82, 2.24) is 5.32 Å². The summed E-state index contributed by atoms with van der Waals surface area (Å²) in [5.41, 5.74) is 5.57. The topological polar surface area (TPSA) is 70.6 Å². The van der Waals surface area contributed by atoms with Crippen LogP contribution in [-0.4, -0.2) is 34.1 Å². The molecule has 1 aliphatic rings. The lowest BCUT2D eigenvalue weighted by atomic mass is 10.1. The van der Waals surface area contributed by atoms with E-state index in [1.807, 2.05) is 0 Å². The second-order valence-corrected chi connectivity index (χ2v) is 6.11. The number of hydrogen-bond acceptors (Lipinski definition) is 4. The van der Waals surface area contributed by atoms with E-state index in [2.05, 4.69) is 36.1 Å². The summed E-state index contributed by atoms with van der Waals surface area (Å²) in [6, 6.07) is 0.922. The quantitative estimate of drug-likeness (QED) is 0.284. The molecule has 4 N–H and O–H groups in total. The first-order valence-electron chi connectivity index (χ1n) is 6.55. The molecule has 0 aliphatic heterocycles. The number of nitrogens with zero attached hydrogens (tertiary/aromatic N) is 1. The van der Waals surface area contributed by atoms with Gasteiger partial charge >= 0.3 is 0 Å². The summed E-state index contributed by atoms with van der Waals surface area (Å²) in [4.78, 5) is 0. The zero-order valence-electron chi connectivity index (χ0n) is 10.9. The Morgan fingerprint density at radius 1 is 1.53 bits per heavy atom. The molecule has 0 aromatic heterocycles. The Morgan fingerprint density at radius 2 is 2.29 bits per heavy atom. The van der Waals surface area contributed by atoms with Crippen LogP contribution < -0.4 is 11.1 Å². The maximum Gasteiger partial charge on any atom is 0.140 e. The molecular formula is C12H25N3OS. The van der Waals surface area contributed by atoms with E-state index in [0.29, 0.717) is 24.3 Å². The van der Waals surface area contributed by atoms with Gasteiger partial charge in [-0.3, -0.25) is 0 Å². The predicted octanol–water partition coefficient (Wildman–Crippen LogP) is 2.17. The zero-order chi connectivity index (χ0) is 12.7. The van der Waals surface area contributed by atoms with E-state index in [-0.39, 0.29) is 0 Å². The minimum Gasteiger partial charge on any atom is -0.409 e. The number of nitrogens with two attached hydrogens (primary N) is 1. The fraction of sp³-hybridized carbons (Fsp3) is 0.917. The molecule has 5 heteroatoms. The number of rotatable bonds is 7. The summed E-state index contributed by atoms with van der Waals surface area (Å²) in [6.07, 6.45) is 5.53. The summed E-state index contributed by atoms with van der Waals surface area (Å²) < 4.78 is 0. The van der Waals surface area contributed by atoms with Gasteiger partial charge in [0.05, 0.1) is 0 Å². The molecule has 0 spiro atoms. The van der Waals surface area contributed by atoms with E-state index < -0.39 is 0 Å². The van der Waals surface area contributed by atoms with Gasteiger partial charge < -0.3 is 16.3 Å². The van der Waals surface area contributed by atoms with Gasteiger partial charge in [-0.2, -0.15) is 11.8 Å². The van der Waals surface area contributed by atoms with Crippen molar-refractivity contribution < 1.29 is 5.21 Å². The van der Waals surface area contributed by atoms with Crippen LogP contribution in [-0.2, 0) is 0 Å². The van der Waals surface area contributed by atoms with Crippen LogP contribution >= 0.6 is 11.8 Å². The third kappa shape index (κ3) is 4.76. The molecule has 0 aromatic rings. The molecular weight excluding hydrogens is 234 g/mol. The average Bonchev–Trinajstić information content (AvgIpc) is 2.76. The van der Waals surface area contributed by atoms with Gasteiger partial charge in [-0.25, -0.2) is 0 Å². The van der Waals surface area contributed by atoms with E-state index in [9.17, 15) is 0 Å². The molecule has 3 unspecified atom stereocenters. The van der Waals surface area contributed by atoms with Crippen molar-refractivity contribution in [2.24, 2.45) is 10.9 Å². The molecule has 1 aliphatic carbocycles. The SMILES string of the molecule is CCSC1CCCC1NC(CC)CC(N)=NO. The number of thioether (sulfide) groups is 1. The highest BCUT2D eigenvalue weighted by Gasteiger charge is 2.28. The standard InChI is InChI=1S/C12H25N3OS/c1-3-9(8-12(13)15-16)14-10-6-5-7-11(10)17-4-2/h9-11,14,16H,3-8H2,1-2H3,(H2,13,15). The van der Waals surface area contributed by atoms with Gasteiger partial charge in [0.1, 0.15) is 5.84 Å². The number of oxime groups is 1. The normalized spacial score (nSPS) is 27.3. The van der Waals surface area contributed by atoms with E-state index in [4.69, 9.17) is 10.9 Å². The lowest BCUT2D eigenvalue weighted by Crippen LogP contribution is -2.43. The van der Waals surface area contributed by atoms with Crippen LogP contribution in [0.25, 0.3) is 0 Å². The molecule has 1 rings (SSSR count). The van der Waals surface area contributed by atoms with Crippen LogP contribution in [0.2, 0.25) is 0 Å². The molecule has 0 aromatic carbocycles. The molecule has 4 nitrogen and oxygen atoms in total. The summed E-state index contributed by atoms with van der Waals surface area (Å²) in [5, 5.41) is 16.1. The Bertz CT molecular complexity index is 248. The highest BCUT2D eigenvalue weighted by Crippen LogP contribution is 2.30. The summed E-state index contributed by atoms with van der Waals surface area (Å²) in [5.74, 6) is 1.50. The van der Waals surface area contributed by atoms with E-state index in [0.717, 1.165) is 11.7 Å². The first kappa shape index (κ1) is 14.6.